The first kappa shape index (κ1) is 20.6. The van der Waals surface area contributed by atoms with Crippen LogP contribution in [-0.2, 0) is 4.79 Å². The van der Waals surface area contributed by atoms with Gasteiger partial charge < -0.3 is 25.2 Å². The third-order valence-corrected chi connectivity index (χ3v) is 3.87. The Morgan fingerprint density at radius 1 is 1.18 bits per heavy atom. The quantitative estimate of drug-likeness (QED) is 0.479. The van der Waals surface area contributed by atoms with Gasteiger partial charge in [-0.15, -0.1) is 0 Å². The predicted octanol–water partition coefficient (Wildman–Crippen LogP) is 3.51. The number of hydrogen-bond acceptors (Lipinski definition) is 6. The number of carboxylic acids is 1. The van der Waals surface area contributed by atoms with Crippen molar-refractivity contribution in [2.75, 3.05) is 24.9 Å². The largest absolute Gasteiger partial charge is 0.495 e. The number of ether oxygens (including phenoxy) is 2. The Morgan fingerprint density at radius 2 is 1.89 bits per heavy atom. The fraction of sp³-hybridized carbons (Fsp3) is 0.105. The minimum atomic E-state index is -1.13. The molecule has 2 rings (SSSR count). The fourth-order valence-corrected chi connectivity index (χ4v) is 2.43. The highest BCUT2D eigenvalue weighted by atomic mass is 35.5. The number of carbonyl (C=O) groups is 2. The Labute approximate surface area is 165 Å². The van der Waals surface area contributed by atoms with Gasteiger partial charge in [0.15, 0.2) is 0 Å². The number of methoxy groups -OCH3 is 2. The molecule has 0 aliphatic carbocycles. The zero-order valence-electron chi connectivity index (χ0n) is 14.9. The van der Waals surface area contributed by atoms with Gasteiger partial charge in [-0.3, -0.25) is 4.79 Å². The van der Waals surface area contributed by atoms with E-state index in [-0.39, 0.29) is 16.8 Å². The number of carbonyl (C=O) groups excluding carboxylic acids is 1. The van der Waals surface area contributed by atoms with Crippen LogP contribution in [0, 0.1) is 11.3 Å². The summed E-state index contributed by atoms with van der Waals surface area (Å²) in [5.74, 6) is -1.07. The molecule has 2 aromatic carbocycles. The summed E-state index contributed by atoms with van der Waals surface area (Å²) in [6.45, 7) is 0. The van der Waals surface area contributed by atoms with Crippen molar-refractivity contribution in [2.24, 2.45) is 0 Å². The first-order valence-corrected chi connectivity index (χ1v) is 8.20. The highest BCUT2D eigenvalue weighted by molar-refractivity contribution is 6.32. The lowest BCUT2D eigenvalue weighted by Gasteiger charge is -2.12. The maximum Gasteiger partial charge on any atom is 0.335 e. The molecule has 0 atom stereocenters. The van der Waals surface area contributed by atoms with E-state index >= 15 is 0 Å². The second kappa shape index (κ2) is 9.30. The number of hydrogen-bond donors (Lipinski definition) is 3. The van der Waals surface area contributed by atoms with Crippen molar-refractivity contribution in [3.63, 3.8) is 0 Å². The van der Waals surface area contributed by atoms with Crippen LogP contribution in [0.3, 0.4) is 0 Å². The predicted molar refractivity (Wildman–Crippen MR) is 104 cm³/mol. The molecule has 0 fully saturated rings. The van der Waals surface area contributed by atoms with Crippen LogP contribution >= 0.6 is 11.6 Å². The van der Waals surface area contributed by atoms with Crippen molar-refractivity contribution in [3.05, 3.63) is 58.8 Å². The van der Waals surface area contributed by atoms with E-state index in [1.54, 1.807) is 12.1 Å². The number of carboxylic acid groups (broad SMARTS) is 1. The van der Waals surface area contributed by atoms with Gasteiger partial charge in [0, 0.05) is 24.0 Å². The molecule has 0 aliphatic heterocycles. The first-order chi connectivity index (χ1) is 13.4. The normalized spacial score (nSPS) is 10.6. The fourth-order valence-electron chi connectivity index (χ4n) is 2.20. The van der Waals surface area contributed by atoms with Gasteiger partial charge in [-0.1, -0.05) is 17.7 Å². The van der Waals surface area contributed by atoms with Gasteiger partial charge in [0.05, 0.1) is 30.5 Å². The number of aromatic carboxylic acids is 1. The van der Waals surface area contributed by atoms with E-state index in [2.05, 4.69) is 10.6 Å². The minimum Gasteiger partial charge on any atom is -0.495 e. The van der Waals surface area contributed by atoms with Crippen LogP contribution in [0.25, 0.3) is 0 Å². The number of nitrogens with zero attached hydrogens (tertiary/aromatic N) is 1. The van der Waals surface area contributed by atoms with Crippen LogP contribution in [0.5, 0.6) is 11.5 Å². The number of nitriles is 1. The third-order valence-electron chi connectivity index (χ3n) is 3.58. The SMILES string of the molecule is COc1cc(N/C=C(/C#N)C(=O)Nc2cccc(C(=O)O)c2)c(OC)cc1Cl. The minimum absolute atomic E-state index is 0.0106. The topological polar surface area (TPSA) is 121 Å². The number of halogens is 1. The Kier molecular flexibility index (Phi) is 6.84. The highest BCUT2D eigenvalue weighted by Crippen LogP contribution is 2.35. The van der Waals surface area contributed by atoms with Gasteiger partial charge in [0.2, 0.25) is 0 Å². The smallest absolute Gasteiger partial charge is 0.335 e. The standard InChI is InChI=1S/C19H16ClN3O5/c1-27-16-8-15(17(28-2)7-14(16)20)22-10-12(9-21)18(24)23-13-5-3-4-11(6-13)19(25)26/h3-8,10,22H,1-2H3,(H,23,24)(H,25,26)/b12-10-. The average Bonchev–Trinajstić information content (AvgIpc) is 2.69. The summed E-state index contributed by atoms with van der Waals surface area (Å²) < 4.78 is 10.3. The molecule has 0 aromatic heterocycles. The molecule has 8 nitrogen and oxygen atoms in total. The summed E-state index contributed by atoms with van der Waals surface area (Å²) in [5.41, 5.74) is 0.446. The molecule has 9 heteroatoms. The van der Waals surface area contributed by atoms with Crippen molar-refractivity contribution in [1.29, 1.82) is 5.26 Å². The second-order valence-electron chi connectivity index (χ2n) is 5.34. The van der Waals surface area contributed by atoms with Gasteiger partial charge in [0.25, 0.3) is 5.91 Å². The number of amides is 1. The van der Waals surface area contributed by atoms with E-state index in [0.29, 0.717) is 22.2 Å². The summed E-state index contributed by atoms with van der Waals surface area (Å²) >= 11 is 6.04. The molecule has 2 aromatic rings. The first-order valence-electron chi connectivity index (χ1n) is 7.82. The van der Waals surface area contributed by atoms with Crippen molar-refractivity contribution >= 4 is 34.9 Å². The maximum absolute atomic E-state index is 12.3. The number of nitrogens with one attached hydrogen (secondary N) is 2. The molecular weight excluding hydrogens is 386 g/mol. The van der Waals surface area contributed by atoms with Crippen molar-refractivity contribution in [3.8, 4) is 17.6 Å². The van der Waals surface area contributed by atoms with Gasteiger partial charge in [0.1, 0.15) is 23.1 Å². The van der Waals surface area contributed by atoms with Gasteiger partial charge in [-0.25, -0.2) is 4.79 Å². The van der Waals surface area contributed by atoms with Crippen LogP contribution in [0.15, 0.2) is 48.2 Å². The summed E-state index contributed by atoms with van der Waals surface area (Å²) in [6, 6.07) is 10.5. The van der Waals surface area contributed by atoms with Crippen LogP contribution in [-0.4, -0.2) is 31.2 Å². The molecule has 0 aliphatic rings. The van der Waals surface area contributed by atoms with E-state index in [9.17, 15) is 14.9 Å². The maximum atomic E-state index is 12.3. The summed E-state index contributed by atoms with van der Waals surface area (Å²) in [4.78, 5) is 23.3. The van der Waals surface area contributed by atoms with E-state index in [1.807, 2.05) is 0 Å². The Hall–Kier alpha value is -3.70. The molecule has 0 saturated carbocycles. The van der Waals surface area contributed by atoms with Crippen molar-refractivity contribution < 1.29 is 24.2 Å². The zero-order chi connectivity index (χ0) is 20.7. The molecule has 0 heterocycles. The van der Waals surface area contributed by atoms with Crippen LogP contribution in [0.1, 0.15) is 10.4 Å². The lowest BCUT2D eigenvalue weighted by Crippen LogP contribution is -2.15. The number of benzene rings is 2. The van der Waals surface area contributed by atoms with E-state index in [4.69, 9.17) is 26.2 Å². The summed E-state index contributed by atoms with van der Waals surface area (Å²) in [7, 11) is 2.90. The summed E-state index contributed by atoms with van der Waals surface area (Å²) in [5, 5.41) is 23.9. The molecule has 144 valence electrons. The monoisotopic (exact) mass is 401 g/mol. The van der Waals surface area contributed by atoms with Crippen molar-refractivity contribution in [2.45, 2.75) is 0 Å². The zero-order valence-corrected chi connectivity index (χ0v) is 15.7. The van der Waals surface area contributed by atoms with Crippen LogP contribution < -0.4 is 20.1 Å². The molecule has 0 spiro atoms. The summed E-state index contributed by atoms with van der Waals surface area (Å²) in [6.07, 6.45) is 1.20. The second-order valence-corrected chi connectivity index (χ2v) is 5.75. The molecule has 3 N–H and O–H groups in total. The molecule has 0 unspecified atom stereocenters. The van der Waals surface area contributed by atoms with E-state index < -0.39 is 11.9 Å². The Bertz CT molecular complexity index is 982. The molecule has 0 saturated heterocycles. The average molecular weight is 402 g/mol. The van der Waals surface area contributed by atoms with Crippen LogP contribution in [0.2, 0.25) is 5.02 Å². The molecular formula is C19H16ClN3O5. The number of anilines is 2. The van der Waals surface area contributed by atoms with E-state index in [1.165, 1.54) is 50.8 Å². The van der Waals surface area contributed by atoms with E-state index in [0.717, 1.165) is 0 Å². The lowest BCUT2D eigenvalue weighted by molar-refractivity contribution is -0.112. The molecule has 0 radical (unpaired) electrons. The third kappa shape index (κ3) is 4.93. The Balaban J connectivity index is 2.22. The molecule has 28 heavy (non-hydrogen) atoms. The lowest BCUT2D eigenvalue weighted by atomic mass is 10.2. The van der Waals surface area contributed by atoms with Gasteiger partial charge in [-0.2, -0.15) is 5.26 Å². The van der Waals surface area contributed by atoms with Gasteiger partial charge in [-0.05, 0) is 18.2 Å². The Morgan fingerprint density at radius 3 is 2.50 bits per heavy atom. The highest BCUT2D eigenvalue weighted by Gasteiger charge is 2.13. The van der Waals surface area contributed by atoms with Crippen molar-refractivity contribution in [1.82, 2.24) is 0 Å². The van der Waals surface area contributed by atoms with Gasteiger partial charge >= 0.3 is 5.97 Å². The molecule has 0 bridgehead atoms. The number of rotatable bonds is 7. The van der Waals surface area contributed by atoms with Crippen LogP contribution in [0.4, 0.5) is 11.4 Å². The molecule has 1 amide bonds.